The zero-order chi connectivity index (χ0) is 10.4. The highest BCUT2D eigenvalue weighted by Gasteiger charge is 2.13. The lowest BCUT2D eigenvalue weighted by Gasteiger charge is -2.15. The second-order valence-electron chi connectivity index (χ2n) is 2.59. The molecule has 13 heavy (non-hydrogen) atoms. The summed E-state index contributed by atoms with van der Waals surface area (Å²) in [5.41, 5.74) is 5.14. The maximum atomic E-state index is 11.0. The van der Waals surface area contributed by atoms with Crippen LogP contribution < -0.4 is 11.1 Å². The summed E-state index contributed by atoms with van der Waals surface area (Å²) in [7, 11) is 0. The van der Waals surface area contributed by atoms with Crippen molar-refractivity contribution in [3.05, 3.63) is 12.2 Å². The maximum absolute atomic E-state index is 11.0. The second kappa shape index (κ2) is 5.18. The Kier molecular flexibility index (Phi) is 4.58. The van der Waals surface area contributed by atoms with E-state index in [9.17, 15) is 9.59 Å². The number of nitrogens with one attached hydrogen (secondary N) is 1. The number of hydrogen-bond donors (Lipinski definition) is 2. The fraction of sp³-hybridized carbons (Fsp3) is 0.500. The third-order valence-corrected chi connectivity index (χ3v) is 1.27. The predicted octanol–water partition coefficient (Wildman–Crippen LogP) is 0.510. The minimum atomic E-state index is -0.721. The molecule has 2 amide bonds. The van der Waals surface area contributed by atoms with Crippen LogP contribution >= 0.6 is 0 Å². The summed E-state index contributed by atoms with van der Waals surface area (Å²) in [4.78, 5) is 21.4. The molecule has 3 N–H and O–H groups in total. The van der Waals surface area contributed by atoms with Crippen molar-refractivity contribution in [1.29, 1.82) is 0 Å². The van der Waals surface area contributed by atoms with Crippen LogP contribution in [-0.4, -0.2) is 18.2 Å². The molecule has 0 aromatic rings. The fourth-order valence-corrected chi connectivity index (χ4v) is 0.603. The Morgan fingerprint density at radius 1 is 1.62 bits per heavy atom. The topological polar surface area (TPSA) is 81.4 Å². The Morgan fingerprint density at radius 3 is 2.46 bits per heavy atom. The number of nitrogens with two attached hydrogens (primary N) is 1. The molecule has 5 heteroatoms. The summed E-state index contributed by atoms with van der Waals surface area (Å²) in [6.07, 6.45) is -0.219. The molecule has 5 nitrogen and oxygen atoms in total. The number of primary amides is 1. The summed E-state index contributed by atoms with van der Waals surface area (Å²) in [6.45, 7) is 6.69. The van der Waals surface area contributed by atoms with Crippen molar-refractivity contribution in [3.8, 4) is 0 Å². The van der Waals surface area contributed by atoms with Gasteiger partial charge in [0, 0.05) is 12.0 Å². The van der Waals surface area contributed by atoms with Gasteiger partial charge < -0.3 is 15.8 Å². The molecule has 0 saturated carbocycles. The van der Waals surface area contributed by atoms with Gasteiger partial charge >= 0.3 is 12.0 Å². The van der Waals surface area contributed by atoms with Gasteiger partial charge in [0.05, 0.1) is 0 Å². The first kappa shape index (κ1) is 11.5. The number of ether oxygens (including phenoxy) is 1. The highest BCUT2D eigenvalue weighted by Crippen LogP contribution is 1.99. The highest BCUT2D eigenvalue weighted by atomic mass is 16.6. The van der Waals surface area contributed by atoms with E-state index in [0.29, 0.717) is 6.42 Å². The third-order valence-electron chi connectivity index (χ3n) is 1.27. The van der Waals surface area contributed by atoms with Gasteiger partial charge in [0.25, 0.3) is 0 Å². The largest absolute Gasteiger partial charge is 0.438 e. The molecule has 1 unspecified atom stereocenters. The zero-order valence-electron chi connectivity index (χ0n) is 7.79. The van der Waals surface area contributed by atoms with Gasteiger partial charge in [0.1, 0.15) is 0 Å². The van der Waals surface area contributed by atoms with E-state index in [2.05, 4.69) is 11.9 Å². The summed E-state index contributed by atoms with van der Waals surface area (Å²) >= 11 is 0. The van der Waals surface area contributed by atoms with E-state index in [-0.39, 0.29) is 5.57 Å². The molecule has 0 rings (SSSR count). The molecule has 1 atom stereocenters. The maximum Gasteiger partial charge on any atom is 0.335 e. The molecule has 0 saturated heterocycles. The lowest BCUT2D eigenvalue weighted by molar-refractivity contribution is -0.145. The number of hydrogen-bond acceptors (Lipinski definition) is 3. The van der Waals surface area contributed by atoms with Gasteiger partial charge in [-0.25, -0.2) is 9.59 Å². The van der Waals surface area contributed by atoms with Gasteiger partial charge in [-0.3, -0.25) is 0 Å². The van der Waals surface area contributed by atoms with Gasteiger partial charge in [-0.2, -0.15) is 0 Å². The Hall–Kier alpha value is -1.52. The van der Waals surface area contributed by atoms with Crippen molar-refractivity contribution in [3.63, 3.8) is 0 Å². The van der Waals surface area contributed by atoms with Crippen LogP contribution in [0.25, 0.3) is 0 Å². The van der Waals surface area contributed by atoms with Gasteiger partial charge in [0.15, 0.2) is 6.23 Å². The van der Waals surface area contributed by atoms with Crippen molar-refractivity contribution >= 4 is 12.0 Å². The number of carbonyl (C=O) groups excluding carboxylic acids is 2. The van der Waals surface area contributed by atoms with E-state index in [4.69, 9.17) is 10.5 Å². The van der Waals surface area contributed by atoms with Gasteiger partial charge in [-0.1, -0.05) is 13.5 Å². The molecule has 0 bridgehead atoms. The number of esters is 1. The SMILES string of the molecule is C=C(C)C(=O)OC(CC)NC(N)=O. The van der Waals surface area contributed by atoms with Crippen LogP contribution in [0, 0.1) is 0 Å². The summed E-state index contributed by atoms with van der Waals surface area (Å²) in [5.74, 6) is -0.541. The second-order valence-corrected chi connectivity index (χ2v) is 2.59. The molecular weight excluding hydrogens is 172 g/mol. The van der Waals surface area contributed by atoms with Crippen molar-refractivity contribution in [1.82, 2.24) is 5.32 Å². The minimum Gasteiger partial charge on any atom is -0.438 e. The molecule has 0 heterocycles. The van der Waals surface area contributed by atoms with Crippen molar-refractivity contribution in [2.75, 3.05) is 0 Å². The van der Waals surface area contributed by atoms with Crippen LogP contribution in [0.2, 0.25) is 0 Å². The van der Waals surface area contributed by atoms with Gasteiger partial charge in [0.2, 0.25) is 0 Å². The quantitative estimate of drug-likeness (QED) is 0.381. The smallest absolute Gasteiger partial charge is 0.335 e. The predicted molar refractivity (Wildman–Crippen MR) is 47.7 cm³/mol. The summed E-state index contributed by atoms with van der Waals surface area (Å²) < 4.78 is 4.82. The van der Waals surface area contributed by atoms with E-state index < -0.39 is 18.2 Å². The standard InChI is InChI=1S/C8H14N2O3/c1-4-6(10-8(9)12)13-7(11)5(2)3/h6H,2,4H2,1,3H3,(H3,9,10,12). The molecule has 0 spiro atoms. The van der Waals surface area contributed by atoms with E-state index in [0.717, 1.165) is 0 Å². The molecule has 0 aromatic heterocycles. The number of amides is 2. The van der Waals surface area contributed by atoms with Crippen LogP contribution in [0.5, 0.6) is 0 Å². The lowest BCUT2D eigenvalue weighted by Crippen LogP contribution is -2.41. The first-order chi connectivity index (χ1) is 5.97. The van der Waals surface area contributed by atoms with E-state index in [1.54, 1.807) is 6.92 Å². The van der Waals surface area contributed by atoms with Crippen LogP contribution in [-0.2, 0) is 9.53 Å². The van der Waals surface area contributed by atoms with Crippen LogP contribution in [0.3, 0.4) is 0 Å². The van der Waals surface area contributed by atoms with E-state index >= 15 is 0 Å². The Balaban J connectivity index is 4.05. The Bertz CT molecular complexity index is 225. The summed E-state index contributed by atoms with van der Waals surface area (Å²) in [5, 5.41) is 2.27. The lowest BCUT2D eigenvalue weighted by atomic mass is 10.3. The van der Waals surface area contributed by atoms with Crippen molar-refractivity contribution < 1.29 is 14.3 Å². The molecule has 0 aliphatic carbocycles. The van der Waals surface area contributed by atoms with Crippen LogP contribution in [0.15, 0.2) is 12.2 Å². The van der Waals surface area contributed by atoms with Gasteiger partial charge in [-0.15, -0.1) is 0 Å². The average molecular weight is 186 g/mol. The first-order valence-electron chi connectivity index (χ1n) is 3.89. The number of rotatable bonds is 4. The molecular formula is C8H14N2O3. The number of urea groups is 1. The molecule has 74 valence electrons. The fourth-order valence-electron chi connectivity index (χ4n) is 0.603. The number of carbonyl (C=O) groups is 2. The minimum absolute atomic E-state index is 0.282. The van der Waals surface area contributed by atoms with Crippen LogP contribution in [0.4, 0.5) is 4.79 Å². The third kappa shape index (κ3) is 4.84. The molecule has 0 aromatic carbocycles. The molecule has 0 fully saturated rings. The molecule has 0 aliphatic rings. The zero-order valence-corrected chi connectivity index (χ0v) is 7.79. The normalized spacial score (nSPS) is 11.5. The average Bonchev–Trinajstić information content (AvgIpc) is 2.02. The Labute approximate surface area is 76.9 Å². The Morgan fingerprint density at radius 2 is 2.15 bits per heavy atom. The van der Waals surface area contributed by atoms with Crippen molar-refractivity contribution in [2.24, 2.45) is 5.73 Å². The molecule has 0 aliphatic heterocycles. The summed E-state index contributed by atoms with van der Waals surface area (Å²) in [6, 6.07) is -0.721. The van der Waals surface area contributed by atoms with Gasteiger partial charge in [-0.05, 0) is 6.92 Å². The van der Waals surface area contributed by atoms with Crippen molar-refractivity contribution in [2.45, 2.75) is 26.5 Å². The monoisotopic (exact) mass is 186 g/mol. The van der Waals surface area contributed by atoms with E-state index in [1.165, 1.54) is 6.92 Å². The van der Waals surface area contributed by atoms with E-state index in [1.807, 2.05) is 0 Å². The first-order valence-corrected chi connectivity index (χ1v) is 3.89. The molecule has 0 radical (unpaired) electrons. The highest BCUT2D eigenvalue weighted by molar-refractivity contribution is 5.87. The van der Waals surface area contributed by atoms with Crippen LogP contribution in [0.1, 0.15) is 20.3 Å².